The summed E-state index contributed by atoms with van der Waals surface area (Å²) in [6, 6.07) is 8.74. The third kappa shape index (κ3) is 5.49. The van der Waals surface area contributed by atoms with Crippen LogP contribution in [0.2, 0.25) is 0 Å². The van der Waals surface area contributed by atoms with Gasteiger partial charge in [-0.15, -0.1) is 0 Å². The van der Waals surface area contributed by atoms with Gasteiger partial charge in [-0.25, -0.2) is 4.79 Å². The predicted molar refractivity (Wildman–Crippen MR) is 92.0 cm³/mol. The van der Waals surface area contributed by atoms with Crippen molar-refractivity contribution in [3.05, 3.63) is 29.8 Å². The van der Waals surface area contributed by atoms with Gasteiger partial charge in [-0.1, -0.05) is 13.3 Å². The molecule has 2 rings (SSSR count). The highest BCUT2D eigenvalue weighted by molar-refractivity contribution is 5.91. The van der Waals surface area contributed by atoms with Crippen molar-refractivity contribution in [2.45, 2.75) is 45.1 Å². The monoisotopic (exact) mass is 344 g/mol. The van der Waals surface area contributed by atoms with E-state index in [4.69, 9.17) is 9.47 Å². The van der Waals surface area contributed by atoms with Gasteiger partial charge in [0.05, 0.1) is 18.2 Å². The molecule has 1 aliphatic rings. The highest BCUT2D eigenvalue weighted by Crippen LogP contribution is 2.39. The number of esters is 1. The molecule has 0 aliphatic heterocycles. The molecule has 1 fully saturated rings. The van der Waals surface area contributed by atoms with E-state index in [0.29, 0.717) is 17.9 Å². The Hall–Kier alpha value is -2.55. The number of carbonyl (C=O) groups is 2. The number of nitriles is 1. The topological polar surface area (TPSA) is 88.4 Å². The second-order valence-electron chi connectivity index (χ2n) is 6.44. The second kappa shape index (κ2) is 8.52. The fourth-order valence-electron chi connectivity index (χ4n) is 2.44. The molecule has 0 radical (unpaired) electrons. The van der Waals surface area contributed by atoms with E-state index in [2.05, 4.69) is 18.3 Å². The van der Waals surface area contributed by atoms with Gasteiger partial charge in [0.2, 0.25) is 0 Å². The van der Waals surface area contributed by atoms with Crippen LogP contribution in [0, 0.1) is 17.2 Å². The lowest BCUT2D eigenvalue weighted by Gasteiger charge is -2.22. The average molecular weight is 344 g/mol. The summed E-state index contributed by atoms with van der Waals surface area (Å²) in [4.78, 5) is 23.9. The van der Waals surface area contributed by atoms with Gasteiger partial charge in [0, 0.05) is 0 Å². The van der Waals surface area contributed by atoms with Gasteiger partial charge in [-0.05, 0) is 56.4 Å². The van der Waals surface area contributed by atoms with Crippen molar-refractivity contribution in [3.8, 4) is 11.8 Å². The Morgan fingerprint density at radius 1 is 1.32 bits per heavy atom. The number of rotatable bonds is 9. The van der Waals surface area contributed by atoms with Gasteiger partial charge >= 0.3 is 5.97 Å². The Bertz CT molecular complexity index is 646. The largest absolute Gasteiger partial charge is 0.494 e. The molecule has 1 aromatic carbocycles. The van der Waals surface area contributed by atoms with E-state index in [-0.39, 0.29) is 5.92 Å². The van der Waals surface area contributed by atoms with Crippen molar-refractivity contribution >= 4 is 11.9 Å². The SMILES string of the molecule is CCCCOc1ccc(C(=O)OCC(=O)NC(C)(C#N)C2CC2)cc1. The van der Waals surface area contributed by atoms with E-state index in [1.165, 1.54) is 0 Å². The molecule has 25 heavy (non-hydrogen) atoms. The number of nitrogens with one attached hydrogen (secondary N) is 1. The smallest absolute Gasteiger partial charge is 0.338 e. The predicted octanol–water partition coefficient (Wildman–Crippen LogP) is 2.83. The van der Waals surface area contributed by atoms with Crippen LogP contribution in [0.1, 0.15) is 49.9 Å². The van der Waals surface area contributed by atoms with Crippen LogP contribution >= 0.6 is 0 Å². The molecule has 6 nitrogen and oxygen atoms in total. The molecule has 6 heteroatoms. The van der Waals surface area contributed by atoms with E-state index in [9.17, 15) is 14.9 Å². The van der Waals surface area contributed by atoms with Crippen LogP contribution in [0.15, 0.2) is 24.3 Å². The maximum Gasteiger partial charge on any atom is 0.338 e. The molecule has 0 heterocycles. The minimum atomic E-state index is -0.888. The lowest BCUT2D eigenvalue weighted by atomic mass is 9.98. The number of ether oxygens (including phenoxy) is 2. The third-order valence-electron chi connectivity index (χ3n) is 4.22. The minimum absolute atomic E-state index is 0.178. The van der Waals surface area contributed by atoms with E-state index < -0.39 is 24.0 Å². The Labute approximate surface area is 148 Å². The summed E-state index contributed by atoms with van der Waals surface area (Å²) < 4.78 is 10.5. The van der Waals surface area contributed by atoms with Crippen LogP contribution in [0.4, 0.5) is 0 Å². The summed E-state index contributed by atoms with van der Waals surface area (Å²) in [6.45, 7) is 4.01. The quantitative estimate of drug-likeness (QED) is 0.550. The zero-order valence-corrected chi connectivity index (χ0v) is 14.7. The fourth-order valence-corrected chi connectivity index (χ4v) is 2.44. The van der Waals surface area contributed by atoms with Crippen molar-refractivity contribution in [2.24, 2.45) is 5.92 Å². The van der Waals surface area contributed by atoms with Gasteiger partial charge in [-0.2, -0.15) is 5.26 Å². The Morgan fingerprint density at radius 2 is 2.00 bits per heavy atom. The van der Waals surface area contributed by atoms with Crippen molar-refractivity contribution in [1.29, 1.82) is 5.26 Å². The first-order valence-corrected chi connectivity index (χ1v) is 8.60. The van der Waals surface area contributed by atoms with Crippen molar-refractivity contribution in [1.82, 2.24) is 5.32 Å². The lowest BCUT2D eigenvalue weighted by Crippen LogP contribution is -2.48. The molecular weight excluding hydrogens is 320 g/mol. The van der Waals surface area contributed by atoms with Crippen LogP contribution < -0.4 is 10.1 Å². The maximum absolute atomic E-state index is 12.0. The lowest BCUT2D eigenvalue weighted by molar-refractivity contribution is -0.125. The Balaban J connectivity index is 1.79. The van der Waals surface area contributed by atoms with Crippen LogP contribution in [-0.2, 0) is 9.53 Å². The van der Waals surface area contributed by atoms with Gasteiger partial charge in [0.15, 0.2) is 6.61 Å². The number of unbranched alkanes of at least 4 members (excludes halogenated alkanes) is 1. The second-order valence-corrected chi connectivity index (χ2v) is 6.44. The van der Waals surface area contributed by atoms with Crippen molar-refractivity contribution in [2.75, 3.05) is 13.2 Å². The molecule has 0 aromatic heterocycles. The summed E-state index contributed by atoms with van der Waals surface area (Å²) >= 11 is 0. The first-order chi connectivity index (χ1) is 12.0. The Kier molecular flexibility index (Phi) is 6.40. The Morgan fingerprint density at radius 3 is 2.56 bits per heavy atom. The van der Waals surface area contributed by atoms with Crippen LogP contribution in [0.3, 0.4) is 0 Å². The molecule has 0 saturated heterocycles. The molecule has 1 aliphatic carbocycles. The molecule has 0 spiro atoms. The molecule has 1 N–H and O–H groups in total. The highest BCUT2D eigenvalue weighted by atomic mass is 16.5. The van der Waals surface area contributed by atoms with Gasteiger partial charge < -0.3 is 14.8 Å². The van der Waals surface area contributed by atoms with Gasteiger partial charge in [0.25, 0.3) is 5.91 Å². The van der Waals surface area contributed by atoms with Crippen LogP contribution in [0.5, 0.6) is 5.75 Å². The summed E-state index contributed by atoms with van der Waals surface area (Å²) in [5, 5.41) is 11.9. The van der Waals surface area contributed by atoms with Crippen molar-refractivity contribution in [3.63, 3.8) is 0 Å². The fraction of sp³-hybridized carbons (Fsp3) is 0.526. The normalized spacial score (nSPS) is 15.6. The number of hydrogen-bond donors (Lipinski definition) is 1. The summed E-state index contributed by atoms with van der Waals surface area (Å²) in [5.41, 5.74) is -0.540. The van der Waals surface area contributed by atoms with E-state index in [1.807, 2.05) is 0 Å². The number of carbonyl (C=O) groups excluding carboxylic acids is 2. The number of nitrogens with zero attached hydrogens (tertiary/aromatic N) is 1. The maximum atomic E-state index is 12.0. The summed E-state index contributed by atoms with van der Waals surface area (Å²) in [5.74, 6) is -0.182. The highest BCUT2D eigenvalue weighted by Gasteiger charge is 2.43. The number of hydrogen-bond acceptors (Lipinski definition) is 5. The third-order valence-corrected chi connectivity index (χ3v) is 4.22. The zero-order valence-electron chi connectivity index (χ0n) is 14.7. The van der Waals surface area contributed by atoms with E-state index in [1.54, 1.807) is 31.2 Å². The molecule has 1 aromatic rings. The first-order valence-electron chi connectivity index (χ1n) is 8.60. The zero-order chi connectivity index (χ0) is 18.3. The molecule has 1 atom stereocenters. The van der Waals surface area contributed by atoms with Gasteiger partial charge in [-0.3, -0.25) is 4.79 Å². The molecule has 1 saturated carbocycles. The first kappa shape index (κ1) is 18.8. The van der Waals surface area contributed by atoms with Crippen LogP contribution in [0.25, 0.3) is 0 Å². The average Bonchev–Trinajstić information content (AvgIpc) is 3.46. The van der Waals surface area contributed by atoms with Crippen molar-refractivity contribution < 1.29 is 19.1 Å². The van der Waals surface area contributed by atoms with Gasteiger partial charge in [0.1, 0.15) is 11.3 Å². The number of amides is 1. The standard InChI is InChI=1S/C19H24N2O4/c1-3-4-11-24-16-9-5-14(6-10-16)18(23)25-12-17(22)21-19(2,13-20)15-7-8-15/h5-6,9-10,15H,3-4,7-8,11-12H2,1-2H3,(H,21,22). The summed E-state index contributed by atoms with van der Waals surface area (Å²) in [7, 11) is 0. The van der Waals surface area contributed by atoms with Crippen LogP contribution in [-0.4, -0.2) is 30.6 Å². The minimum Gasteiger partial charge on any atom is -0.494 e. The molecule has 0 bridgehead atoms. The van der Waals surface area contributed by atoms with E-state index in [0.717, 1.165) is 25.7 Å². The summed E-state index contributed by atoms with van der Waals surface area (Å²) in [6.07, 6.45) is 3.88. The molecule has 1 amide bonds. The molecule has 134 valence electrons. The molecule has 1 unspecified atom stereocenters. The van der Waals surface area contributed by atoms with E-state index >= 15 is 0 Å². The number of benzene rings is 1. The molecular formula is C19H24N2O4.